The van der Waals surface area contributed by atoms with Crippen molar-refractivity contribution in [3.8, 4) is 23.0 Å². The van der Waals surface area contributed by atoms with Crippen LogP contribution in [0.3, 0.4) is 0 Å². The molecule has 2 aromatic heterocycles. The quantitative estimate of drug-likeness (QED) is 0.183. The first-order valence-electron chi connectivity index (χ1n) is 14.9. The smallest absolute Gasteiger partial charge is 0.328 e. The number of imidazole rings is 1. The Labute approximate surface area is 275 Å². The molecule has 15 heteroatoms. The maximum absolute atomic E-state index is 13.3. The lowest BCUT2D eigenvalue weighted by molar-refractivity contribution is -0.144. The number of benzene rings is 2. The van der Waals surface area contributed by atoms with Crippen molar-refractivity contribution in [3.63, 3.8) is 0 Å². The number of aromatic nitrogens is 6. The second-order valence-corrected chi connectivity index (χ2v) is 11.1. The predicted octanol–water partition coefficient (Wildman–Crippen LogP) is 4.08. The van der Waals surface area contributed by atoms with Crippen LogP contribution >= 0.6 is 11.6 Å². The molecular weight excluding hydrogens is 626 g/mol. The van der Waals surface area contributed by atoms with Crippen LogP contribution in [0.5, 0.6) is 0 Å². The van der Waals surface area contributed by atoms with Crippen LogP contribution in [0.4, 0.5) is 5.69 Å². The van der Waals surface area contributed by atoms with E-state index in [0.717, 1.165) is 0 Å². The summed E-state index contributed by atoms with van der Waals surface area (Å²) in [7, 11) is 1.31. The largest absolute Gasteiger partial charge is 0.469 e. The van der Waals surface area contributed by atoms with Gasteiger partial charge in [0.1, 0.15) is 24.3 Å². The average molecular weight is 658 g/mol. The van der Waals surface area contributed by atoms with Gasteiger partial charge in [-0.25, -0.2) is 9.78 Å². The molecule has 5 rings (SSSR count). The maximum Gasteiger partial charge on any atom is 0.328 e. The van der Waals surface area contributed by atoms with Gasteiger partial charge in [0.25, 0.3) is 0 Å². The van der Waals surface area contributed by atoms with E-state index in [1.165, 1.54) is 24.2 Å². The number of amides is 1. The van der Waals surface area contributed by atoms with Gasteiger partial charge in [0.2, 0.25) is 5.91 Å². The molecule has 1 amide bonds. The second-order valence-electron chi connectivity index (χ2n) is 10.7. The van der Waals surface area contributed by atoms with Gasteiger partial charge in [0.15, 0.2) is 5.69 Å². The van der Waals surface area contributed by atoms with Gasteiger partial charge in [-0.05, 0) is 66.1 Å². The number of tetrazole rings is 1. The van der Waals surface area contributed by atoms with Crippen molar-refractivity contribution < 1.29 is 23.9 Å². The van der Waals surface area contributed by atoms with E-state index < -0.39 is 29.9 Å². The standard InChI is InChI=1S/C32H32ClN9O5/c1-3-47-32(45)24-7-5-4-6-23(37-28(43)13-9-20-16-21(33)10-12-27(20)42-18-35-40-41-42)31-38-26(17-34)30(39-31)22-11-8-19(14-25(22)36-24)15-29(44)46-2/h8-14,16,18,23-24,36H,3-7,15H2,1-2H3,(H,37,43)(H,38,39)/b13-9+/t23-,24+/m0/s1. The molecule has 2 bridgehead atoms. The van der Waals surface area contributed by atoms with Crippen LogP contribution in [0.2, 0.25) is 5.02 Å². The summed E-state index contributed by atoms with van der Waals surface area (Å²) in [5.41, 5.74) is 3.47. The molecule has 1 aliphatic rings. The highest BCUT2D eigenvalue weighted by Crippen LogP contribution is 2.34. The number of nitriles is 1. The first-order chi connectivity index (χ1) is 22.8. The van der Waals surface area contributed by atoms with Gasteiger partial charge >= 0.3 is 11.9 Å². The van der Waals surface area contributed by atoms with E-state index in [4.69, 9.17) is 21.1 Å². The molecule has 2 atom stereocenters. The molecule has 3 N–H and O–H groups in total. The third-order valence-electron chi connectivity index (χ3n) is 7.54. The zero-order chi connectivity index (χ0) is 33.3. The first-order valence-corrected chi connectivity index (χ1v) is 15.3. The lowest BCUT2D eigenvalue weighted by Crippen LogP contribution is -2.32. The number of anilines is 1. The van der Waals surface area contributed by atoms with Crippen molar-refractivity contribution in [2.75, 3.05) is 19.0 Å². The fourth-order valence-corrected chi connectivity index (χ4v) is 5.47. The number of esters is 2. The summed E-state index contributed by atoms with van der Waals surface area (Å²) in [6.45, 7) is 1.95. The Balaban J connectivity index is 1.48. The van der Waals surface area contributed by atoms with Crippen LogP contribution in [0, 0.1) is 11.3 Å². The number of H-pyrrole nitrogens is 1. The van der Waals surface area contributed by atoms with E-state index in [2.05, 4.69) is 42.2 Å². The Morgan fingerprint density at radius 3 is 2.77 bits per heavy atom. The Bertz CT molecular complexity index is 1830. The van der Waals surface area contributed by atoms with Crippen LogP contribution in [0.25, 0.3) is 23.0 Å². The molecule has 0 radical (unpaired) electrons. The summed E-state index contributed by atoms with van der Waals surface area (Å²) in [5, 5.41) is 28.1. The number of halogens is 1. The number of rotatable bonds is 8. The Hall–Kier alpha value is -5.55. The zero-order valence-corrected chi connectivity index (χ0v) is 26.5. The van der Waals surface area contributed by atoms with Crippen molar-refractivity contribution in [2.24, 2.45) is 0 Å². The van der Waals surface area contributed by atoms with Crippen molar-refractivity contribution in [3.05, 3.63) is 76.5 Å². The monoisotopic (exact) mass is 657 g/mol. The SMILES string of the molecule is CCOC(=O)[C@H]1CCCC[C@H](NC(=O)/C=C/c2cc(Cl)ccc2-n2cnnn2)c2nc(C#N)c([nH]2)-c2ccc(CC(=O)OC)cc2N1. The summed E-state index contributed by atoms with van der Waals surface area (Å²) in [6.07, 6.45) is 6.60. The molecule has 2 aromatic carbocycles. The fourth-order valence-electron chi connectivity index (χ4n) is 5.29. The number of hydrogen-bond donors (Lipinski definition) is 3. The fraction of sp³-hybridized carbons (Fsp3) is 0.312. The van der Waals surface area contributed by atoms with Crippen molar-refractivity contribution in [1.29, 1.82) is 5.26 Å². The number of hydrogen-bond acceptors (Lipinski definition) is 11. The molecule has 3 heterocycles. The van der Waals surface area contributed by atoms with E-state index in [-0.39, 0.29) is 18.7 Å². The topological polar surface area (TPSA) is 190 Å². The molecule has 0 saturated heterocycles. The normalized spacial score (nSPS) is 16.1. The lowest BCUT2D eigenvalue weighted by Gasteiger charge is -2.22. The number of ether oxygens (including phenoxy) is 2. The molecule has 242 valence electrons. The molecule has 14 nitrogen and oxygen atoms in total. The highest BCUT2D eigenvalue weighted by molar-refractivity contribution is 6.30. The Morgan fingerprint density at radius 2 is 2.02 bits per heavy atom. The van der Waals surface area contributed by atoms with Gasteiger partial charge in [-0.3, -0.25) is 9.59 Å². The van der Waals surface area contributed by atoms with Gasteiger partial charge < -0.3 is 25.1 Å². The van der Waals surface area contributed by atoms with E-state index in [9.17, 15) is 19.6 Å². The predicted molar refractivity (Wildman–Crippen MR) is 171 cm³/mol. The van der Waals surface area contributed by atoms with Crippen LogP contribution in [0.15, 0.2) is 48.8 Å². The number of carbonyl (C=O) groups is 3. The Kier molecular flexibility index (Phi) is 10.6. The van der Waals surface area contributed by atoms with Gasteiger partial charge in [-0.1, -0.05) is 36.6 Å². The number of nitrogens with one attached hydrogen (secondary N) is 3. The molecule has 0 aliphatic carbocycles. The molecule has 0 unspecified atom stereocenters. The van der Waals surface area contributed by atoms with Gasteiger partial charge in [0.05, 0.1) is 37.6 Å². The van der Waals surface area contributed by atoms with E-state index in [0.29, 0.717) is 70.3 Å². The summed E-state index contributed by atoms with van der Waals surface area (Å²) < 4.78 is 11.6. The van der Waals surface area contributed by atoms with Crippen LogP contribution in [-0.4, -0.2) is 67.8 Å². The van der Waals surface area contributed by atoms with E-state index >= 15 is 0 Å². The highest BCUT2D eigenvalue weighted by Gasteiger charge is 2.27. The van der Waals surface area contributed by atoms with Gasteiger partial charge in [-0.2, -0.15) is 9.94 Å². The number of fused-ring (bicyclic) bond motifs is 4. The number of methoxy groups -OCH3 is 1. The van der Waals surface area contributed by atoms with Crippen molar-refractivity contribution >= 4 is 41.2 Å². The molecule has 4 aromatic rings. The number of carbonyl (C=O) groups excluding carboxylic acids is 3. The van der Waals surface area contributed by atoms with Crippen LogP contribution < -0.4 is 10.6 Å². The first kappa shape index (κ1) is 32.8. The number of nitrogens with zero attached hydrogens (tertiary/aromatic N) is 6. The second kappa shape index (κ2) is 15.2. The lowest BCUT2D eigenvalue weighted by atomic mass is 10.00. The van der Waals surface area contributed by atoms with E-state index in [1.54, 1.807) is 49.4 Å². The minimum Gasteiger partial charge on any atom is -0.469 e. The van der Waals surface area contributed by atoms with Crippen LogP contribution in [-0.2, 0) is 30.3 Å². The average Bonchev–Trinajstić information content (AvgIpc) is 3.75. The maximum atomic E-state index is 13.3. The summed E-state index contributed by atoms with van der Waals surface area (Å²) >= 11 is 6.22. The molecular formula is C32H32ClN9O5. The zero-order valence-electron chi connectivity index (χ0n) is 25.7. The molecule has 0 saturated carbocycles. The molecule has 47 heavy (non-hydrogen) atoms. The third-order valence-corrected chi connectivity index (χ3v) is 7.78. The minimum absolute atomic E-state index is 0.0168. The minimum atomic E-state index is -0.697. The van der Waals surface area contributed by atoms with Crippen molar-refractivity contribution in [2.45, 2.75) is 51.1 Å². The van der Waals surface area contributed by atoms with Crippen LogP contribution in [0.1, 0.15) is 61.3 Å². The summed E-state index contributed by atoms with van der Waals surface area (Å²) in [5.74, 6) is -0.837. The highest BCUT2D eigenvalue weighted by atomic mass is 35.5. The Morgan fingerprint density at radius 1 is 1.19 bits per heavy atom. The molecule has 0 spiro atoms. The molecule has 1 aliphatic heterocycles. The van der Waals surface area contributed by atoms with Crippen molar-refractivity contribution in [1.82, 2.24) is 35.5 Å². The van der Waals surface area contributed by atoms with E-state index in [1.807, 2.05) is 0 Å². The van der Waals surface area contributed by atoms with Gasteiger partial charge in [-0.15, -0.1) is 5.10 Å². The third kappa shape index (κ3) is 8.00. The number of aromatic amines is 1. The molecule has 0 fully saturated rings. The van der Waals surface area contributed by atoms with Gasteiger partial charge in [0, 0.05) is 27.9 Å². The summed E-state index contributed by atoms with van der Waals surface area (Å²) in [6, 6.07) is 11.2. The summed E-state index contributed by atoms with van der Waals surface area (Å²) in [4.78, 5) is 46.1.